The maximum atomic E-state index is 13.3. The molecule has 0 radical (unpaired) electrons. The number of fused-ring (bicyclic) bond motifs is 1. The van der Waals surface area contributed by atoms with Crippen LogP contribution in [0.25, 0.3) is 5.57 Å². The maximum Gasteiger partial charge on any atom is 0.188 e. The number of benzene rings is 2. The lowest BCUT2D eigenvalue weighted by molar-refractivity contribution is 0.103. The number of carbonyl (C=O) groups excluding carboxylic acids is 1. The van der Waals surface area contributed by atoms with Gasteiger partial charge >= 0.3 is 0 Å². The molecule has 0 atom stereocenters. The summed E-state index contributed by atoms with van der Waals surface area (Å²) in [6, 6.07) is 12.9. The highest BCUT2D eigenvalue weighted by molar-refractivity contribution is 6.08. The number of hydrogen-bond acceptors (Lipinski definition) is 2. The molecule has 198 valence electrons. The molecular weight excluding hydrogens is 462 g/mol. The summed E-state index contributed by atoms with van der Waals surface area (Å²) in [6.07, 6.45) is 5.62. The van der Waals surface area contributed by atoms with Crippen molar-refractivity contribution in [3.63, 3.8) is 0 Å². The molecule has 1 heterocycles. The summed E-state index contributed by atoms with van der Waals surface area (Å²) in [4.78, 5) is 17.8. The largest absolute Gasteiger partial charge is 0.289 e. The normalized spacial score (nSPS) is 15.6. The first-order valence-electron chi connectivity index (χ1n) is 13.8. The second-order valence-corrected chi connectivity index (χ2v) is 12.7. The second kappa shape index (κ2) is 10.1. The van der Waals surface area contributed by atoms with Crippen molar-refractivity contribution < 1.29 is 4.79 Å². The lowest BCUT2D eigenvalue weighted by Gasteiger charge is -2.42. The number of pyridine rings is 1. The molecule has 1 aromatic heterocycles. The SMILES string of the molecule is C=C(Cc1cnc(C)c(C)c1C(=C)C)C(=O)c1ccc(Cc2cc3c(cc2C)C(C)(C)CCC3(C)C)cc1. The Morgan fingerprint density at radius 2 is 1.47 bits per heavy atom. The van der Waals surface area contributed by atoms with Crippen LogP contribution in [0.1, 0.15) is 108 Å². The van der Waals surface area contributed by atoms with Gasteiger partial charge in [-0.15, -0.1) is 0 Å². The maximum absolute atomic E-state index is 13.3. The quantitative estimate of drug-likeness (QED) is 0.237. The Kier molecular flexibility index (Phi) is 7.40. The molecule has 0 aliphatic heterocycles. The minimum absolute atomic E-state index is 0.0172. The predicted molar refractivity (Wildman–Crippen MR) is 161 cm³/mol. The molecule has 4 rings (SSSR count). The topological polar surface area (TPSA) is 30.0 Å². The molecule has 2 nitrogen and oxygen atoms in total. The Labute approximate surface area is 229 Å². The van der Waals surface area contributed by atoms with Gasteiger partial charge in [0.25, 0.3) is 0 Å². The Balaban J connectivity index is 1.53. The summed E-state index contributed by atoms with van der Waals surface area (Å²) in [5, 5.41) is 0. The van der Waals surface area contributed by atoms with E-state index in [-0.39, 0.29) is 16.6 Å². The van der Waals surface area contributed by atoms with Crippen LogP contribution in [-0.4, -0.2) is 10.8 Å². The van der Waals surface area contributed by atoms with Crippen LogP contribution in [0.3, 0.4) is 0 Å². The molecule has 1 aliphatic carbocycles. The fourth-order valence-corrected chi connectivity index (χ4v) is 5.95. The first-order valence-corrected chi connectivity index (χ1v) is 13.8. The highest BCUT2D eigenvalue weighted by Crippen LogP contribution is 2.46. The zero-order chi connectivity index (χ0) is 28.0. The van der Waals surface area contributed by atoms with E-state index in [2.05, 4.69) is 83.9 Å². The van der Waals surface area contributed by atoms with E-state index in [1.54, 1.807) is 0 Å². The van der Waals surface area contributed by atoms with E-state index in [0.29, 0.717) is 17.6 Å². The van der Waals surface area contributed by atoms with Crippen LogP contribution in [-0.2, 0) is 23.7 Å². The van der Waals surface area contributed by atoms with E-state index in [1.165, 1.54) is 40.7 Å². The van der Waals surface area contributed by atoms with E-state index < -0.39 is 0 Å². The smallest absolute Gasteiger partial charge is 0.188 e. The summed E-state index contributed by atoms with van der Waals surface area (Å²) in [7, 11) is 0. The van der Waals surface area contributed by atoms with E-state index in [4.69, 9.17) is 0 Å². The molecular formula is C36H43NO. The molecule has 0 spiro atoms. The first-order chi connectivity index (χ1) is 17.7. The minimum Gasteiger partial charge on any atom is -0.289 e. The minimum atomic E-state index is -0.0172. The summed E-state index contributed by atoms with van der Waals surface area (Å²) in [5.74, 6) is -0.0172. The lowest BCUT2D eigenvalue weighted by Crippen LogP contribution is -2.34. The highest BCUT2D eigenvalue weighted by atomic mass is 16.1. The molecule has 2 heteroatoms. The monoisotopic (exact) mass is 505 g/mol. The van der Waals surface area contributed by atoms with Crippen LogP contribution in [0.15, 0.2) is 61.3 Å². The zero-order valence-corrected chi connectivity index (χ0v) is 24.6. The number of aryl methyl sites for hydroxylation is 2. The molecule has 0 N–H and O–H groups in total. The Morgan fingerprint density at radius 1 is 0.895 bits per heavy atom. The number of nitrogens with zero attached hydrogens (tertiary/aromatic N) is 1. The van der Waals surface area contributed by atoms with Gasteiger partial charge in [0.05, 0.1) is 0 Å². The van der Waals surface area contributed by atoms with Gasteiger partial charge in [0, 0.05) is 23.9 Å². The van der Waals surface area contributed by atoms with Crippen LogP contribution < -0.4 is 0 Å². The molecule has 0 saturated heterocycles. The van der Waals surface area contributed by atoms with E-state index >= 15 is 0 Å². The van der Waals surface area contributed by atoms with Crippen LogP contribution >= 0.6 is 0 Å². The Hall–Kier alpha value is -3.26. The summed E-state index contributed by atoms with van der Waals surface area (Å²) in [6.45, 7) is 26.1. The van der Waals surface area contributed by atoms with Crippen molar-refractivity contribution >= 4 is 11.4 Å². The molecule has 0 bridgehead atoms. The van der Waals surface area contributed by atoms with Crippen LogP contribution in [0.5, 0.6) is 0 Å². The van der Waals surface area contributed by atoms with Crippen LogP contribution in [0.4, 0.5) is 0 Å². The molecule has 0 unspecified atom stereocenters. The van der Waals surface area contributed by atoms with Gasteiger partial charge in [0.2, 0.25) is 0 Å². The fourth-order valence-electron chi connectivity index (χ4n) is 5.95. The number of hydrogen-bond donors (Lipinski definition) is 0. The number of allylic oxidation sites excluding steroid dienone is 2. The van der Waals surface area contributed by atoms with Gasteiger partial charge in [-0.25, -0.2) is 0 Å². The molecule has 0 fully saturated rings. The fraction of sp³-hybridized carbons (Fsp3) is 0.389. The third-order valence-electron chi connectivity index (χ3n) is 8.72. The van der Waals surface area contributed by atoms with Crippen molar-refractivity contribution in [1.29, 1.82) is 0 Å². The molecule has 0 amide bonds. The van der Waals surface area contributed by atoms with Crippen molar-refractivity contribution in [1.82, 2.24) is 4.98 Å². The molecule has 3 aromatic rings. The summed E-state index contributed by atoms with van der Waals surface area (Å²) < 4.78 is 0. The van der Waals surface area contributed by atoms with Gasteiger partial charge in [-0.2, -0.15) is 0 Å². The molecule has 1 aliphatic rings. The van der Waals surface area contributed by atoms with Crippen molar-refractivity contribution in [3.05, 3.63) is 117 Å². The van der Waals surface area contributed by atoms with Gasteiger partial charge in [-0.1, -0.05) is 82.8 Å². The molecule has 38 heavy (non-hydrogen) atoms. The molecule has 2 aromatic carbocycles. The summed E-state index contributed by atoms with van der Waals surface area (Å²) >= 11 is 0. The van der Waals surface area contributed by atoms with E-state index in [1.807, 2.05) is 32.2 Å². The highest BCUT2D eigenvalue weighted by Gasteiger charge is 2.37. The zero-order valence-electron chi connectivity index (χ0n) is 24.6. The van der Waals surface area contributed by atoms with E-state index in [9.17, 15) is 4.79 Å². The standard InChI is InChI=1S/C36H43NO/c1-22(2)33-25(5)26(6)37-21-30(33)17-24(4)34(38)28-13-11-27(12-14-28)19-29-20-32-31(18-23(29)3)35(7,8)15-16-36(32,9)10/h11-14,18,20-21H,1,4,15-17,19H2,2-3,5-10H3. The van der Waals surface area contributed by atoms with Crippen molar-refractivity contribution in [2.45, 2.75) is 91.9 Å². The third-order valence-corrected chi connectivity index (χ3v) is 8.72. The average Bonchev–Trinajstić information content (AvgIpc) is 2.85. The number of ketones is 1. The van der Waals surface area contributed by atoms with Gasteiger partial charge < -0.3 is 0 Å². The number of rotatable bonds is 7. The Morgan fingerprint density at radius 3 is 2.05 bits per heavy atom. The van der Waals surface area contributed by atoms with Gasteiger partial charge in [0.1, 0.15) is 0 Å². The van der Waals surface area contributed by atoms with E-state index in [0.717, 1.165) is 34.4 Å². The first kappa shape index (κ1) is 27.8. The van der Waals surface area contributed by atoms with Crippen LogP contribution in [0, 0.1) is 20.8 Å². The third kappa shape index (κ3) is 5.32. The number of aromatic nitrogens is 1. The average molecular weight is 506 g/mol. The van der Waals surface area contributed by atoms with Gasteiger partial charge in [-0.05, 0) is 108 Å². The van der Waals surface area contributed by atoms with Crippen molar-refractivity contribution in [3.8, 4) is 0 Å². The summed E-state index contributed by atoms with van der Waals surface area (Å²) in [5.41, 5.74) is 13.8. The number of carbonyl (C=O) groups is 1. The van der Waals surface area contributed by atoms with Gasteiger partial charge in [0.15, 0.2) is 5.78 Å². The molecule has 0 saturated carbocycles. The number of Topliss-reactive ketones (excluding diaryl/α,β-unsaturated/α-hetero) is 1. The Bertz CT molecular complexity index is 1430. The van der Waals surface area contributed by atoms with Crippen LogP contribution in [0.2, 0.25) is 0 Å². The van der Waals surface area contributed by atoms with Crippen molar-refractivity contribution in [2.75, 3.05) is 0 Å². The lowest BCUT2D eigenvalue weighted by atomic mass is 9.62. The predicted octanol–water partition coefficient (Wildman–Crippen LogP) is 8.96. The van der Waals surface area contributed by atoms with Crippen molar-refractivity contribution in [2.24, 2.45) is 0 Å². The van der Waals surface area contributed by atoms with Gasteiger partial charge in [-0.3, -0.25) is 9.78 Å². The second-order valence-electron chi connectivity index (χ2n) is 12.7.